The van der Waals surface area contributed by atoms with Crippen LogP contribution >= 0.6 is 0 Å². The van der Waals surface area contributed by atoms with Crippen molar-refractivity contribution in [3.63, 3.8) is 0 Å². The first kappa shape index (κ1) is 7.56. The fourth-order valence-corrected chi connectivity index (χ4v) is 0.816. The molecule has 1 aromatic heterocycles. The van der Waals surface area contributed by atoms with E-state index in [9.17, 15) is 0 Å². The largest absolute Gasteiger partial charge is 0.208 e. The average molecular weight is 144 g/mol. The van der Waals surface area contributed by atoms with Gasteiger partial charge in [-0.15, -0.1) is 6.42 Å². The van der Waals surface area contributed by atoms with Gasteiger partial charge in [0.15, 0.2) is 12.4 Å². The van der Waals surface area contributed by atoms with Gasteiger partial charge in [-0.05, 0) is 11.5 Å². The van der Waals surface area contributed by atoms with Gasteiger partial charge in [-0.2, -0.15) is 4.57 Å². The molecule has 0 aliphatic rings. The van der Waals surface area contributed by atoms with Crippen LogP contribution in [0.15, 0.2) is 31.1 Å². The fourth-order valence-electron chi connectivity index (χ4n) is 0.816. The Morgan fingerprint density at radius 3 is 2.64 bits per heavy atom. The van der Waals surface area contributed by atoms with Crippen LogP contribution in [0.2, 0.25) is 0 Å². The third kappa shape index (κ3) is 1.94. The van der Waals surface area contributed by atoms with Gasteiger partial charge in [0.05, 0.1) is 0 Å². The van der Waals surface area contributed by atoms with Gasteiger partial charge >= 0.3 is 0 Å². The van der Waals surface area contributed by atoms with Crippen LogP contribution in [0.5, 0.6) is 0 Å². The molecule has 0 fully saturated rings. The van der Waals surface area contributed by atoms with Gasteiger partial charge in [0.2, 0.25) is 6.54 Å². The van der Waals surface area contributed by atoms with E-state index < -0.39 is 0 Å². The van der Waals surface area contributed by atoms with Crippen LogP contribution in [-0.4, -0.2) is 0 Å². The van der Waals surface area contributed by atoms with Gasteiger partial charge in [-0.3, -0.25) is 0 Å². The van der Waals surface area contributed by atoms with Crippen LogP contribution in [0.3, 0.4) is 0 Å². The molecule has 0 unspecified atom stereocenters. The molecule has 0 saturated carbocycles. The fraction of sp³-hybridized carbons (Fsp3) is 0.100. The molecule has 0 atom stereocenters. The molecule has 1 nitrogen and oxygen atoms in total. The third-order valence-corrected chi connectivity index (χ3v) is 1.43. The van der Waals surface area contributed by atoms with Gasteiger partial charge in [0.1, 0.15) is 0 Å². The SMILES string of the molecule is C#CC[n+]1ccc(C=C)cc1. The summed E-state index contributed by atoms with van der Waals surface area (Å²) in [5.41, 5.74) is 1.11. The first-order valence-corrected chi connectivity index (χ1v) is 3.42. The normalized spacial score (nSPS) is 8.64. The molecule has 0 N–H and O–H groups in total. The maximum atomic E-state index is 5.14. The highest BCUT2D eigenvalue weighted by Gasteiger charge is 1.93. The Labute approximate surface area is 67.0 Å². The summed E-state index contributed by atoms with van der Waals surface area (Å²) in [6, 6.07) is 3.95. The van der Waals surface area contributed by atoms with Crippen molar-refractivity contribution in [1.82, 2.24) is 0 Å². The Kier molecular flexibility index (Phi) is 2.46. The molecule has 11 heavy (non-hydrogen) atoms. The van der Waals surface area contributed by atoms with E-state index >= 15 is 0 Å². The first-order valence-electron chi connectivity index (χ1n) is 3.42. The second-order valence-electron chi connectivity index (χ2n) is 2.21. The average Bonchev–Trinajstić information content (AvgIpc) is 2.07. The second-order valence-corrected chi connectivity index (χ2v) is 2.21. The molecule has 0 radical (unpaired) electrons. The molecular weight excluding hydrogens is 134 g/mol. The summed E-state index contributed by atoms with van der Waals surface area (Å²) >= 11 is 0. The summed E-state index contributed by atoms with van der Waals surface area (Å²) in [5.74, 6) is 2.56. The predicted molar refractivity (Wildman–Crippen MR) is 45.6 cm³/mol. The zero-order valence-electron chi connectivity index (χ0n) is 6.33. The van der Waals surface area contributed by atoms with Gasteiger partial charge in [0, 0.05) is 12.1 Å². The van der Waals surface area contributed by atoms with E-state index in [1.807, 2.05) is 29.1 Å². The lowest BCUT2D eigenvalue weighted by Gasteiger charge is -1.90. The van der Waals surface area contributed by atoms with Crippen LogP contribution in [0.4, 0.5) is 0 Å². The molecule has 0 spiro atoms. The van der Waals surface area contributed by atoms with Crippen molar-refractivity contribution in [2.45, 2.75) is 6.54 Å². The van der Waals surface area contributed by atoms with E-state index in [-0.39, 0.29) is 0 Å². The molecule has 0 saturated heterocycles. The molecule has 0 aliphatic heterocycles. The zero-order valence-corrected chi connectivity index (χ0v) is 6.33. The molecule has 1 heteroatoms. The number of terminal acetylenes is 1. The van der Waals surface area contributed by atoms with Crippen LogP contribution in [0.25, 0.3) is 6.08 Å². The smallest absolute Gasteiger partial charge is 0.194 e. The molecule has 54 valence electrons. The van der Waals surface area contributed by atoms with E-state index in [2.05, 4.69) is 12.5 Å². The van der Waals surface area contributed by atoms with E-state index in [0.717, 1.165) is 5.56 Å². The van der Waals surface area contributed by atoms with Crippen LogP contribution in [0, 0.1) is 12.3 Å². The van der Waals surface area contributed by atoms with E-state index in [1.165, 1.54) is 0 Å². The molecule has 0 aromatic carbocycles. The highest BCUT2D eigenvalue weighted by Crippen LogP contribution is 1.94. The minimum Gasteiger partial charge on any atom is -0.194 e. The quantitative estimate of drug-likeness (QED) is 0.434. The molecule has 0 aliphatic carbocycles. The lowest BCUT2D eigenvalue weighted by Crippen LogP contribution is -2.31. The summed E-state index contributed by atoms with van der Waals surface area (Å²) in [7, 11) is 0. The van der Waals surface area contributed by atoms with Crippen molar-refractivity contribution in [3.05, 3.63) is 36.7 Å². The van der Waals surface area contributed by atoms with Gasteiger partial charge < -0.3 is 0 Å². The first-order chi connectivity index (χ1) is 5.36. The molecule has 1 heterocycles. The maximum Gasteiger partial charge on any atom is 0.208 e. The minimum atomic E-state index is 0.622. The van der Waals surface area contributed by atoms with E-state index in [4.69, 9.17) is 6.42 Å². The summed E-state index contributed by atoms with van der Waals surface area (Å²) in [6.07, 6.45) is 10.8. The van der Waals surface area contributed by atoms with Crippen LogP contribution < -0.4 is 4.57 Å². The zero-order chi connectivity index (χ0) is 8.10. The number of rotatable bonds is 2. The number of aromatic nitrogens is 1. The topological polar surface area (TPSA) is 3.88 Å². The molecular formula is C10H10N+. The maximum absolute atomic E-state index is 5.14. The summed E-state index contributed by atoms with van der Waals surface area (Å²) in [6.45, 7) is 4.28. The highest BCUT2D eigenvalue weighted by atomic mass is 14.9. The standard InChI is InChI=1S/C10H10N/c1-3-7-11-8-5-10(4-2)6-9-11/h1,4-6,8-9H,2,7H2/q+1. The van der Waals surface area contributed by atoms with Crippen molar-refractivity contribution in [2.75, 3.05) is 0 Å². The number of hydrogen-bond acceptors (Lipinski definition) is 0. The lowest BCUT2D eigenvalue weighted by molar-refractivity contribution is -0.684. The van der Waals surface area contributed by atoms with Crippen molar-refractivity contribution in [3.8, 4) is 12.3 Å². The Morgan fingerprint density at radius 1 is 1.55 bits per heavy atom. The summed E-state index contributed by atoms with van der Waals surface area (Å²) in [5, 5.41) is 0. The number of hydrogen-bond donors (Lipinski definition) is 0. The van der Waals surface area contributed by atoms with E-state index in [0.29, 0.717) is 6.54 Å². The third-order valence-electron chi connectivity index (χ3n) is 1.43. The minimum absolute atomic E-state index is 0.622. The van der Waals surface area contributed by atoms with Crippen molar-refractivity contribution in [1.29, 1.82) is 0 Å². The van der Waals surface area contributed by atoms with Gasteiger partial charge in [0.25, 0.3) is 0 Å². The van der Waals surface area contributed by atoms with Crippen LogP contribution in [0.1, 0.15) is 5.56 Å². The Morgan fingerprint density at radius 2 is 2.18 bits per heavy atom. The Bertz CT molecular complexity index is 277. The number of pyridine rings is 1. The molecule has 1 aromatic rings. The molecule has 0 amide bonds. The lowest BCUT2D eigenvalue weighted by atomic mass is 10.3. The molecule has 0 bridgehead atoms. The monoisotopic (exact) mass is 144 g/mol. The van der Waals surface area contributed by atoms with Gasteiger partial charge in [-0.25, -0.2) is 0 Å². The highest BCUT2D eigenvalue weighted by molar-refractivity contribution is 5.44. The Hall–Kier alpha value is -1.55. The predicted octanol–water partition coefficient (Wildman–Crippen LogP) is 1.25. The van der Waals surface area contributed by atoms with Crippen molar-refractivity contribution in [2.24, 2.45) is 0 Å². The summed E-state index contributed by atoms with van der Waals surface area (Å²) in [4.78, 5) is 0. The number of nitrogens with zero attached hydrogens (tertiary/aromatic N) is 1. The van der Waals surface area contributed by atoms with Crippen molar-refractivity contribution >= 4 is 6.08 Å². The van der Waals surface area contributed by atoms with Crippen LogP contribution in [-0.2, 0) is 6.54 Å². The second kappa shape index (κ2) is 3.58. The van der Waals surface area contributed by atoms with Gasteiger partial charge in [-0.1, -0.05) is 12.7 Å². The van der Waals surface area contributed by atoms with Crippen molar-refractivity contribution < 1.29 is 4.57 Å². The molecule has 1 rings (SSSR count). The Balaban J connectivity index is 2.84. The summed E-state index contributed by atoms with van der Waals surface area (Å²) < 4.78 is 1.94. The van der Waals surface area contributed by atoms with E-state index in [1.54, 1.807) is 6.08 Å².